The van der Waals surface area contributed by atoms with Gasteiger partial charge in [-0.15, -0.1) is 17.5 Å². The van der Waals surface area contributed by atoms with E-state index >= 15 is 0 Å². The van der Waals surface area contributed by atoms with Crippen LogP contribution >= 0.6 is 12.4 Å². The van der Waals surface area contributed by atoms with Crippen LogP contribution in [0.15, 0.2) is 22.3 Å². The molecule has 0 unspecified atom stereocenters. The number of nitrogen functional groups attached to an aromatic ring is 1. The molecule has 1 aromatic rings. The van der Waals surface area contributed by atoms with Crippen LogP contribution in [0, 0.1) is 0 Å². The van der Waals surface area contributed by atoms with Gasteiger partial charge in [-0.25, -0.2) is 0 Å². The number of fused-ring (bicyclic) bond motifs is 1. The summed E-state index contributed by atoms with van der Waals surface area (Å²) in [5, 5.41) is 7.13. The van der Waals surface area contributed by atoms with E-state index < -0.39 is 0 Å². The molecule has 1 aliphatic rings. The molecule has 8 heteroatoms. The van der Waals surface area contributed by atoms with Crippen molar-refractivity contribution in [3.63, 3.8) is 0 Å². The Morgan fingerprint density at radius 3 is 2.53 bits per heavy atom. The predicted octanol–water partition coefficient (Wildman–Crippen LogP) is 0.0266. The van der Waals surface area contributed by atoms with E-state index in [9.17, 15) is 0 Å². The molecule has 0 saturated heterocycles. The van der Waals surface area contributed by atoms with E-state index in [1.165, 1.54) is 6.21 Å². The zero-order valence-corrected chi connectivity index (χ0v) is 9.61. The molecule has 0 radical (unpaired) electrons. The average molecular weight is 258 g/mol. The van der Waals surface area contributed by atoms with Crippen molar-refractivity contribution in [3.05, 3.63) is 17.7 Å². The lowest BCUT2D eigenvalue weighted by atomic mass is 10.2. The summed E-state index contributed by atoms with van der Waals surface area (Å²) < 4.78 is 10.4. The molecule has 17 heavy (non-hydrogen) atoms. The van der Waals surface area contributed by atoms with Gasteiger partial charge in [-0.3, -0.25) is 0 Å². The van der Waals surface area contributed by atoms with Crippen molar-refractivity contribution < 1.29 is 9.47 Å². The molecule has 6 N–H and O–H groups in total. The maximum Gasteiger partial charge on any atom is 0.231 e. The Labute approximate surface area is 104 Å². The van der Waals surface area contributed by atoms with Gasteiger partial charge < -0.3 is 26.7 Å². The number of guanidine groups is 1. The number of halogens is 1. The lowest BCUT2D eigenvalue weighted by molar-refractivity contribution is 0.174. The van der Waals surface area contributed by atoms with Gasteiger partial charge in [0, 0.05) is 17.3 Å². The molecule has 0 bridgehead atoms. The third-order valence-corrected chi connectivity index (χ3v) is 1.95. The number of ether oxygens (including phenoxy) is 2. The Morgan fingerprint density at radius 2 is 1.88 bits per heavy atom. The molecule has 0 aromatic heterocycles. The van der Waals surface area contributed by atoms with Crippen LogP contribution in [0.5, 0.6) is 11.5 Å². The minimum absolute atomic E-state index is 0. The van der Waals surface area contributed by atoms with Crippen LogP contribution in [0.4, 0.5) is 5.69 Å². The first-order chi connectivity index (χ1) is 7.66. The fraction of sp³-hybridized carbons (Fsp3) is 0.111. The molecule has 0 saturated carbocycles. The summed E-state index contributed by atoms with van der Waals surface area (Å²) in [5.74, 6) is 1.13. The lowest BCUT2D eigenvalue weighted by Crippen LogP contribution is -2.21. The SMILES string of the molecule is Cl.NC(N)=N/N=C/c1cc2c(cc1N)OCO2. The fourth-order valence-electron chi connectivity index (χ4n) is 1.24. The molecule has 1 aromatic carbocycles. The standard InChI is InChI=1S/C9H11N5O2.ClH/c10-6-2-8-7(15-4-16-8)1-5(6)3-13-14-9(11)12;/h1-3H,4,10H2,(H4,11,12,14);1H/b13-3+;. The van der Waals surface area contributed by atoms with Crippen LogP contribution in [0.1, 0.15) is 5.56 Å². The maximum absolute atomic E-state index is 5.77. The Balaban J connectivity index is 0.00000144. The molecule has 0 amide bonds. The van der Waals surface area contributed by atoms with Gasteiger partial charge in [0.1, 0.15) is 0 Å². The zero-order chi connectivity index (χ0) is 11.5. The first-order valence-corrected chi connectivity index (χ1v) is 4.48. The second-order valence-electron chi connectivity index (χ2n) is 3.10. The molecular weight excluding hydrogens is 246 g/mol. The Morgan fingerprint density at radius 1 is 1.24 bits per heavy atom. The molecule has 7 nitrogen and oxygen atoms in total. The highest BCUT2D eigenvalue weighted by Crippen LogP contribution is 2.35. The van der Waals surface area contributed by atoms with Crippen LogP contribution in [0.25, 0.3) is 0 Å². The van der Waals surface area contributed by atoms with Crippen molar-refractivity contribution in [2.45, 2.75) is 0 Å². The molecule has 2 rings (SSSR count). The van der Waals surface area contributed by atoms with Crippen LogP contribution in [-0.4, -0.2) is 19.0 Å². The maximum atomic E-state index is 5.77. The largest absolute Gasteiger partial charge is 0.454 e. The summed E-state index contributed by atoms with van der Waals surface area (Å²) in [5.41, 5.74) is 17.2. The fourth-order valence-corrected chi connectivity index (χ4v) is 1.24. The van der Waals surface area contributed by atoms with Gasteiger partial charge in [0.25, 0.3) is 0 Å². The predicted molar refractivity (Wildman–Crippen MR) is 67.6 cm³/mol. The van der Waals surface area contributed by atoms with Crippen LogP contribution in [0.3, 0.4) is 0 Å². The van der Waals surface area contributed by atoms with E-state index in [0.717, 1.165) is 0 Å². The topological polar surface area (TPSA) is 121 Å². The minimum atomic E-state index is -0.115. The van der Waals surface area contributed by atoms with E-state index in [1.54, 1.807) is 12.1 Å². The van der Waals surface area contributed by atoms with Crippen molar-refractivity contribution in [2.75, 3.05) is 12.5 Å². The van der Waals surface area contributed by atoms with E-state index in [0.29, 0.717) is 22.7 Å². The molecule has 0 atom stereocenters. The van der Waals surface area contributed by atoms with Crippen LogP contribution in [-0.2, 0) is 0 Å². The van der Waals surface area contributed by atoms with Gasteiger partial charge in [0.2, 0.25) is 12.8 Å². The second-order valence-corrected chi connectivity index (χ2v) is 3.10. The molecule has 0 aliphatic carbocycles. The third-order valence-electron chi connectivity index (χ3n) is 1.95. The number of nitrogens with two attached hydrogens (primary N) is 3. The molecule has 0 fully saturated rings. The van der Waals surface area contributed by atoms with Gasteiger partial charge in [0.15, 0.2) is 11.5 Å². The number of benzene rings is 1. The van der Waals surface area contributed by atoms with Crippen molar-refractivity contribution >= 4 is 30.3 Å². The first-order valence-electron chi connectivity index (χ1n) is 4.48. The smallest absolute Gasteiger partial charge is 0.231 e. The van der Waals surface area contributed by atoms with Gasteiger partial charge in [-0.05, 0) is 6.07 Å². The van der Waals surface area contributed by atoms with Crippen molar-refractivity contribution in [3.8, 4) is 11.5 Å². The van der Waals surface area contributed by atoms with Crippen molar-refractivity contribution in [1.82, 2.24) is 0 Å². The normalized spacial score (nSPS) is 12.2. The summed E-state index contributed by atoms with van der Waals surface area (Å²) in [6.07, 6.45) is 1.44. The highest BCUT2D eigenvalue weighted by atomic mass is 35.5. The third kappa shape index (κ3) is 2.91. The zero-order valence-electron chi connectivity index (χ0n) is 8.79. The summed E-state index contributed by atoms with van der Waals surface area (Å²) in [6, 6.07) is 3.38. The lowest BCUT2D eigenvalue weighted by Gasteiger charge is -2.01. The van der Waals surface area contributed by atoms with E-state index in [2.05, 4.69) is 10.2 Å². The molecule has 0 spiro atoms. The summed E-state index contributed by atoms with van der Waals surface area (Å²) in [6.45, 7) is 0.198. The van der Waals surface area contributed by atoms with Crippen molar-refractivity contribution in [2.24, 2.45) is 21.7 Å². The number of rotatable bonds is 2. The molecule has 1 heterocycles. The second kappa shape index (κ2) is 5.26. The highest BCUT2D eigenvalue weighted by molar-refractivity contribution is 5.89. The van der Waals surface area contributed by atoms with Gasteiger partial charge in [-0.2, -0.15) is 5.10 Å². The first kappa shape index (κ1) is 12.9. The van der Waals surface area contributed by atoms with E-state index in [4.69, 9.17) is 26.7 Å². The number of hydrogen-bond acceptors (Lipinski definition) is 5. The summed E-state index contributed by atoms with van der Waals surface area (Å²) >= 11 is 0. The van der Waals surface area contributed by atoms with E-state index in [1.807, 2.05) is 0 Å². The number of nitrogens with zero attached hydrogens (tertiary/aromatic N) is 2. The number of hydrogen-bond donors (Lipinski definition) is 3. The van der Waals surface area contributed by atoms with Gasteiger partial charge in [-0.1, -0.05) is 0 Å². The highest BCUT2D eigenvalue weighted by Gasteiger charge is 2.15. The molecule has 1 aliphatic heterocycles. The van der Waals surface area contributed by atoms with Crippen LogP contribution < -0.4 is 26.7 Å². The summed E-state index contributed by atoms with van der Waals surface area (Å²) in [7, 11) is 0. The Kier molecular flexibility index (Phi) is 4.00. The monoisotopic (exact) mass is 257 g/mol. The molecule has 92 valence electrons. The van der Waals surface area contributed by atoms with Gasteiger partial charge >= 0.3 is 0 Å². The Bertz CT molecular complexity index is 471. The summed E-state index contributed by atoms with van der Waals surface area (Å²) in [4.78, 5) is 0. The number of anilines is 1. The Hall–Kier alpha value is -2.15. The van der Waals surface area contributed by atoms with Gasteiger partial charge in [0.05, 0.1) is 6.21 Å². The van der Waals surface area contributed by atoms with Crippen molar-refractivity contribution in [1.29, 1.82) is 0 Å². The minimum Gasteiger partial charge on any atom is -0.454 e. The van der Waals surface area contributed by atoms with Crippen LogP contribution in [0.2, 0.25) is 0 Å². The quantitative estimate of drug-likeness (QED) is 0.299. The average Bonchev–Trinajstić information content (AvgIpc) is 2.64. The van der Waals surface area contributed by atoms with E-state index in [-0.39, 0.29) is 25.2 Å². The molecular formula is C9H12ClN5O2.